The van der Waals surface area contributed by atoms with Crippen LogP contribution in [0.3, 0.4) is 0 Å². The molecule has 0 N–H and O–H groups in total. The van der Waals surface area contributed by atoms with E-state index in [1.54, 1.807) is 21.6 Å². The van der Waals surface area contributed by atoms with Crippen molar-refractivity contribution in [2.75, 3.05) is 12.4 Å². The topological polar surface area (TPSA) is 26.3 Å². The zero-order valence-electron chi connectivity index (χ0n) is 13.0. The van der Waals surface area contributed by atoms with Crippen molar-refractivity contribution in [2.45, 2.75) is 49.8 Å². The Morgan fingerprint density at radius 2 is 1.91 bits per heavy atom. The summed E-state index contributed by atoms with van der Waals surface area (Å²) in [5.41, 5.74) is -0.130. The Labute approximate surface area is 142 Å². The first-order chi connectivity index (χ1) is 10.7. The SMILES string of the molecule is [CH]C1(CCC(=O)OCCSSc2ccccc2)CCCCC1. The molecule has 2 rings (SSSR count). The molecule has 22 heavy (non-hydrogen) atoms. The molecule has 120 valence electrons. The van der Waals surface area contributed by atoms with Crippen LogP contribution in [-0.2, 0) is 9.53 Å². The molecule has 0 heterocycles. The summed E-state index contributed by atoms with van der Waals surface area (Å²) < 4.78 is 5.29. The van der Waals surface area contributed by atoms with Gasteiger partial charge in [0.05, 0.1) is 0 Å². The molecule has 4 heteroatoms. The number of esters is 1. The molecule has 0 spiro atoms. The van der Waals surface area contributed by atoms with Crippen molar-refractivity contribution in [3.05, 3.63) is 37.3 Å². The maximum atomic E-state index is 11.8. The van der Waals surface area contributed by atoms with Crippen molar-refractivity contribution < 1.29 is 9.53 Å². The summed E-state index contributed by atoms with van der Waals surface area (Å²) in [7, 11) is 3.42. The molecule has 0 bridgehead atoms. The molecule has 0 amide bonds. The van der Waals surface area contributed by atoms with Crippen LogP contribution in [0, 0.1) is 12.3 Å². The highest BCUT2D eigenvalue weighted by Gasteiger charge is 2.27. The van der Waals surface area contributed by atoms with Crippen LogP contribution in [0.5, 0.6) is 0 Å². The number of ether oxygens (including phenoxy) is 1. The average molecular weight is 337 g/mol. The van der Waals surface area contributed by atoms with E-state index in [9.17, 15) is 4.79 Å². The summed E-state index contributed by atoms with van der Waals surface area (Å²) in [5.74, 6) is 0.694. The monoisotopic (exact) mass is 336 g/mol. The maximum absolute atomic E-state index is 11.8. The lowest BCUT2D eigenvalue weighted by molar-refractivity contribution is -0.143. The summed E-state index contributed by atoms with van der Waals surface area (Å²) in [5, 5.41) is 0. The molecular formula is C18H24O2S2. The van der Waals surface area contributed by atoms with E-state index in [1.807, 2.05) is 18.2 Å². The van der Waals surface area contributed by atoms with Crippen molar-refractivity contribution in [1.29, 1.82) is 0 Å². The first-order valence-corrected chi connectivity index (χ1v) is 10.3. The number of rotatable bonds is 8. The molecule has 2 radical (unpaired) electrons. The average Bonchev–Trinajstić information content (AvgIpc) is 2.54. The Morgan fingerprint density at radius 1 is 1.18 bits per heavy atom. The standard InChI is InChI=1S/C18H24O2S2/c1-18(11-6-3-7-12-18)13-10-17(19)20-14-15-21-22-16-8-4-2-5-9-16/h1-2,4-5,8-9H,3,6-7,10-15H2. The number of hydrogen-bond acceptors (Lipinski definition) is 4. The van der Waals surface area contributed by atoms with Gasteiger partial charge in [0.2, 0.25) is 0 Å². The van der Waals surface area contributed by atoms with Crippen molar-refractivity contribution in [3.8, 4) is 0 Å². The number of carbonyl (C=O) groups excluding carboxylic acids is 1. The van der Waals surface area contributed by atoms with Gasteiger partial charge >= 0.3 is 5.97 Å². The van der Waals surface area contributed by atoms with Crippen LogP contribution in [0.2, 0.25) is 0 Å². The predicted octanol–water partition coefficient (Wildman–Crippen LogP) is 5.41. The lowest BCUT2D eigenvalue weighted by Crippen LogP contribution is -2.22. The smallest absolute Gasteiger partial charge is 0.305 e. The Morgan fingerprint density at radius 3 is 2.64 bits per heavy atom. The Bertz CT molecular complexity index is 442. The van der Waals surface area contributed by atoms with Crippen LogP contribution in [0.15, 0.2) is 35.2 Å². The fourth-order valence-electron chi connectivity index (χ4n) is 2.70. The predicted molar refractivity (Wildman–Crippen MR) is 94.8 cm³/mol. The van der Waals surface area contributed by atoms with E-state index in [2.05, 4.69) is 12.1 Å². The highest BCUT2D eigenvalue weighted by molar-refractivity contribution is 8.76. The summed E-state index contributed by atoms with van der Waals surface area (Å²) in [6, 6.07) is 10.2. The van der Waals surface area contributed by atoms with Gasteiger partial charge in [0.25, 0.3) is 0 Å². The van der Waals surface area contributed by atoms with Crippen LogP contribution in [0.25, 0.3) is 0 Å². The summed E-state index contributed by atoms with van der Waals surface area (Å²) >= 11 is 0. The van der Waals surface area contributed by atoms with Gasteiger partial charge in [-0.2, -0.15) is 0 Å². The van der Waals surface area contributed by atoms with Gasteiger partial charge < -0.3 is 4.74 Å². The lowest BCUT2D eigenvalue weighted by Gasteiger charge is -2.32. The van der Waals surface area contributed by atoms with E-state index in [4.69, 9.17) is 11.7 Å². The first kappa shape index (κ1) is 17.7. The van der Waals surface area contributed by atoms with E-state index in [0.29, 0.717) is 13.0 Å². The fraction of sp³-hybridized carbons (Fsp3) is 0.556. The van der Waals surface area contributed by atoms with Crippen molar-refractivity contribution in [3.63, 3.8) is 0 Å². The van der Waals surface area contributed by atoms with Crippen LogP contribution in [0.1, 0.15) is 44.9 Å². The van der Waals surface area contributed by atoms with Crippen molar-refractivity contribution >= 4 is 27.6 Å². The summed E-state index contributed by atoms with van der Waals surface area (Å²) in [6.45, 7) is 6.81. The third-order valence-corrected chi connectivity index (χ3v) is 6.35. The minimum Gasteiger partial charge on any atom is -0.465 e. The second kappa shape index (κ2) is 9.51. The molecule has 0 atom stereocenters. The number of hydrogen-bond donors (Lipinski definition) is 0. The largest absolute Gasteiger partial charge is 0.465 e. The van der Waals surface area contributed by atoms with E-state index >= 15 is 0 Å². The summed E-state index contributed by atoms with van der Waals surface area (Å²) in [6.07, 6.45) is 6.97. The highest BCUT2D eigenvalue weighted by Crippen LogP contribution is 2.39. The van der Waals surface area contributed by atoms with Gasteiger partial charge in [-0.15, -0.1) is 0 Å². The molecule has 0 unspecified atom stereocenters. The zero-order chi connectivity index (χ0) is 15.7. The minimum atomic E-state index is -0.130. The third-order valence-electron chi connectivity index (χ3n) is 4.00. The molecule has 1 aromatic rings. The molecule has 0 aromatic heterocycles. The summed E-state index contributed by atoms with van der Waals surface area (Å²) in [4.78, 5) is 13.0. The Balaban J connectivity index is 1.52. The Hall–Kier alpha value is -0.610. The quantitative estimate of drug-likeness (QED) is 0.360. The van der Waals surface area contributed by atoms with E-state index < -0.39 is 0 Å². The lowest BCUT2D eigenvalue weighted by atomic mass is 9.73. The van der Waals surface area contributed by atoms with Crippen molar-refractivity contribution in [1.82, 2.24) is 0 Å². The van der Waals surface area contributed by atoms with Crippen LogP contribution in [0.4, 0.5) is 0 Å². The molecule has 1 aliphatic rings. The molecule has 2 nitrogen and oxygen atoms in total. The molecule has 1 saturated carbocycles. The van der Waals surface area contributed by atoms with Crippen LogP contribution < -0.4 is 0 Å². The molecule has 0 aliphatic heterocycles. The molecule has 1 aromatic carbocycles. The first-order valence-electron chi connectivity index (χ1n) is 7.97. The molecular weight excluding hydrogens is 312 g/mol. The van der Waals surface area contributed by atoms with Gasteiger partial charge in [-0.25, -0.2) is 0 Å². The minimum absolute atomic E-state index is 0.110. The van der Waals surface area contributed by atoms with E-state index in [0.717, 1.165) is 25.0 Å². The van der Waals surface area contributed by atoms with Gasteiger partial charge in [-0.3, -0.25) is 4.79 Å². The highest BCUT2D eigenvalue weighted by atomic mass is 33.1. The van der Waals surface area contributed by atoms with Gasteiger partial charge in [-0.05, 0) is 43.7 Å². The third kappa shape index (κ3) is 6.66. The van der Waals surface area contributed by atoms with E-state index in [-0.39, 0.29) is 11.4 Å². The van der Waals surface area contributed by atoms with E-state index in [1.165, 1.54) is 24.2 Å². The number of benzene rings is 1. The van der Waals surface area contributed by atoms with Crippen LogP contribution >= 0.6 is 21.6 Å². The molecule has 1 fully saturated rings. The number of carbonyl (C=O) groups is 1. The van der Waals surface area contributed by atoms with Gasteiger partial charge in [-0.1, -0.05) is 59.0 Å². The normalized spacial score (nSPS) is 17.1. The Kier molecular flexibility index (Phi) is 7.67. The van der Waals surface area contributed by atoms with Gasteiger partial charge in [0, 0.05) is 17.1 Å². The zero-order valence-corrected chi connectivity index (χ0v) is 14.6. The fourth-order valence-corrected chi connectivity index (χ4v) is 4.54. The molecule has 0 saturated heterocycles. The second-order valence-electron chi connectivity index (χ2n) is 5.86. The van der Waals surface area contributed by atoms with Gasteiger partial charge in [0.1, 0.15) is 6.61 Å². The maximum Gasteiger partial charge on any atom is 0.305 e. The second-order valence-corrected chi connectivity index (χ2v) is 8.35. The van der Waals surface area contributed by atoms with Crippen molar-refractivity contribution in [2.24, 2.45) is 5.41 Å². The molecule has 1 aliphatic carbocycles. The van der Waals surface area contributed by atoms with Crippen LogP contribution in [-0.4, -0.2) is 18.3 Å². The van der Waals surface area contributed by atoms with Gasteiger partial charge in [0.15, 0.2) is 0 Å².